The van der Waals surface area contributed by atoms with Crippen LogP contribution in [0.2, 0.25) is 0 Å². The highest BCUT2D eigenvalue weighted by atomic mass is 16.3. The Hall–Kier alpha value is -0.0800. The van der Waals surface area contributed by atoms with Crippen molar-refractivity contribution in [1.29, 1.82) is 0 Å². The standard InChI is InChI=1S/C30H52O2/c1-25(2)14-8-15-27(4)22(25)13-18-29(6)24(27)10-9-23-26(3)16-11-21(30(7,32)19-31)20(26)12-17-28(23,29)5/h20-24,31-32H,8-19H2,1-7H3/t20-,21-,22?,23+,24+,26-,27-,28+,29+,30-/m0/s1. The average Bonchev–Trinajstić information content (AvgIpc) is 3.06. The molecule has 0 aromatic rings. The van der Waals surface area contributed by atoms with Crippen molar-refractivity contribution < 1.29 is 10.2 Å². The van der Waals surface area contributed by atoms with Gasteiger partial charge in [0.25, 0.3) is 0 Å². The molecule has 0 aromatic heterocycles. The van der Waals surface area contributed by atoms with E-state index in [9.17, 15) is 10.2 Å². The van der Waals surface area contributed by atoms with Gasteiger partial charge in [-0.1, -0.05) is 48.0 Å². The first-order valence-corrected chi connectivity index (χ1v) is 14.1. The Balaban J connectivity index is 1.50. The molecular formula is C30H52O2. The first-order valence-electron chi connectivity index (χ1n) is 14.1. The van der Waals surface area contributed by atoms with Crippen LogP contribution in [0.25, 0.3) is 0 Å². The maximum atomic E-state index is 11.0. The molecule has 5 rings (SSSR count). The van der Waals surface area contributed by atoms with Crippen LogP contribution in [-0.2, 0) is 0 Å². The Labute approximate surface area is 198 Å². The molecule has 5 saturated carbocycles. The summed E-state index contributed by atoms with van der Waals surface area (Å²) in [6.07, 6.45) is 14.9. The molecule has 0 aliphatic heterocycles. The lowest BCUT2D eigenvalue weighted by Crippen LogP contribution is -2.66. The molecule has 184 valence electrons. The lowest BCUT2D eigenvalue weighted by atomic mass is 9.32. The monoisotopic (exact) mass is 444 g/mol. The highest BCUT2D eigenvalue weighted by Gasteiger charge is 2.70. The van der Waals surface area contributed by atoms with Gasteiger partial charge in [-0.05, 0) is 128 Å². The number of hydrogen-bond donors (Lipinski definition) is 2. The lowest BCUT2D eigenvalue weighted by molar-refractivity contribution is -0.243. The number of fused-ring (bicyclic) bond motifs is 7. The molecule has 0 bridgehead atoms. The summed E-state index contributed by atoms with van der Waals surface area (Å²) >= 11 is 0. The summed E-state index contributed by atoms with van der Waals surface area (Å²) in [7, 11) is 0. The fourth-order valence-electron chi connectivity index (χ4n) is 12.1. The van der Waals surface area contributed by atoms with Crippen molar-refractivity contribution in [3.63, 3.8) is 0 Å². The van der Waals surface area contributed by atoms with E-state index in [0.29, 0.717) is 33.0 Å². The van der Waals surface area contributed by atoms with E-state index in [4.69, 9.17) is 0 Å². The summed E-state index contributed by atoms with van der Waals surface area (Å²) < 4.78 is 0. The maximum absolute atomic E-state index is 11.0. The van der Waals surface area contributed by atoms with Gasteiger partial charge in [0, 0.05) is 0 Å². The number of aliphatic hydroxyl groups is 2. The summed E-state index contributed by atoms with van der Waals surface area (Å²) in [5, 5.41) is 21.0. The Bertz CT molecular complexity index is 756. The Kier molecular flexibility index (Phi) is 5.17. The van der Waals surface area contributed by atoms with E-state index in [2.05, 4.69) is 41.5 Å². The zero-order valence-electron chi connectivity index (χ0n) is 22.3. The van der Waals surface area contributed by atoms with Crippen LogP contribution in [0.3, 0.4) is 0 Å². The predicted octanol–water partition coefficient (Wildman–Crippen LogP) is 7.22. The summed E-state index contributed by atoms with van der Waals surface area (Å²) in [6.45, 7) is 17.7. The van der Waals surface area contributed by atoms with Crippen LogP contribution < -0.4 is 0 Å². The van der Waals surface area contributed by atoms with Crippen LogP contribution in [0.15, 0.2) is 0 Å². The second-order valence-corrected chi connectivity index (χ2v) is 15.3. The molecule has 0 saturated heterocycles. The number of rotatable bonds is 2. The van der Waals surface area contributed by atoms with Gasteiger partial charge in [-0.3, -0.25) is 0 Å². The smallest absolute Gasteiger partial charge is 0.0880 e. The van der Waals surface area contributed by atoms with E-state index in [1.807, 2.05) is 6.92 Å². The molecule has 2 N–H and O–H groups in total. The molecule has 10 atom stereocenters. The average molecular weight is 445 g/mol. The highest BCUT2D eigenvalue weighted by Crippen LogP contribution is 2.78. The van der Waals surface area contributed by atoms with E-state index in [1.165, 1.54) is 64.2 Å². The van der Waals surface area contributed by atoms with Crippen molar-refractivity contribution >= 4 is 0 Å². The minimum Gasteiger partial charge on any atom is -0.393 e. The zero-order chi connectivity index (χ0) is 23.4. The highest BCUT2D eigenvalue weighted by molar-refractivity contribution is 5.19. The molecule has 5 fully saturated rings. The van der Waals surface area contributed by atoms with Crippen molar-refractivity contribution in [2.75, 3.05) is 6.61 Å². The molecule has 0 spiro atoms. The maximum Gasteiger partial charge on any atom is 0.0880 e. The van der Waals surface area contributed by atoms with E-state index >= 15 is 0 Å². The van der Waals surface area contributed by atoms with Crippen molar-refractivity contribution in [2.45, 2.75) is 125 Å². The van der Waals surface area contributed by atoms with E-state index in [1.54, 1.807) is 0 Å². The van der Waals surface area contributed by atoms with Gasteiger partial charge in [0.05, 0.1) is 12.2 Å². The molecule has 5 aliphatic rings. The third kappa shape index (κ3) is 2.78. The molecule has 0 heterocycles. The van der Waals surface area contributed by atoms with Crippen LogP contribution >= 0.6 is 0 Å². The van der Waals surface area contributed by atoms with E-state index in [0.717, 1.165) is 24.2 Å². The third-order valence-corrected chi connectivity index (χ3v) is 13.8. The minimum absolute atomic E-state index is 0.0957. The normalized spacial score (nSPS) is 56.3. The van der Waals surface area contributed by atoms with Gasteiger partial charge < -0.3 is 10.2 Å². The molecule has 1 unspecified atom stereocenters. The summed E-state index contributed by atoms with van der Waals surface area (Å²) in [5.41, 5.74) is 1.28. The van der Waals surface area contributed by atoms with Crippen LogP contribution in [0.4, 0.5) is 0 Å². The quantitative estimate of drug-likeness (QED) is 0.472. The summed E-state index contributed by atoms with van der Waals surface area (Å²) in [4.78, 5) is 0. The van der Waals surface area contributed by atoms with Gasteiger partial charge in [0.2, 0.25) is 0 Å². The predicted molar refractivity (Wildman–Crippen MR) is 132 cm³/mol. The van der Waals surface area contributed by atoms with E-state index < -0.39 is 5.60 Å². The Morgan fingerprint density at radius 3 is 1.91 bits per heavy atom. The van der Waals surface area contributed by atoms with Gasteiger partial charge in [0.1, 0.15) is 0 Å². The van der Waals surface area contributed by atoms with Crippen molar-refractivity contribution in [3.8, 4) is 0 Å². The first kappa shape index (κ1) is 23.7. The summed E-state index contributed by atoms with van der Waals surface area (Å²) in [6, 6.07) is 0. The van der Waals surface area contributed by atoms with E-state index in [-0.39, 0.29) is 12.5 Å². The molecule has 2 nitrogen and oxygen atoms in total. The first-order chi connectivity index (χ1) is 14.8. The fourth-order valence-corrected chi connectivity index (χ4v) is 12.1. The zero-order valence-corrected chi connectivity index (χ0v) is 22.3. The van der Waals surface area contributed by atoms with Crippen molar-refractivity contribution in [2.24, 2.45) is 56.7 Å². The Morgan fingerprint density at radius 2 is 1.28 bits per heavy atom. The lowest BCUT2D eigenvalue weighted by Gasteiger charge is -2.73. The molecule has 0 radical (unpaired) electrons. The Morgan fingerprint density at radius 1 is 0.688 bits per heavy atom. The third-order valence-electron chi connectivity index (χ3n) is 13.8. The second-order valence-electron chi connectivity index (χ2n) is 15.3. The molecule has 0 aromatic carbocycles. The molecule has 5 aliphatic carbocycles. The minimum atomic E-state index is -0.920. The molecule has 32 heavy (non-hydrogen) atoms. The van der Waals surface area contributed by atoms with Crippen LogP contribution in [0.5, 0.6) is 0 Å². The topological polar surface area (TPSA) is 40.5 Å². The van der Waals surface area contributed by atoms with Crippen molar-refractivity contribution in [3.05, 3.63) is 0 Å². The van der Waals surface area contributed by atoms with Gasteiger partial charge in [-0.2, -0.15) is 0 Å². The largest absolute Gasteiger partial charge is 0.393 e. The van der Waals surface area contributed by atoms with Gasteiger partial charge >= 0.3 is 0 Å². The molecular weight excluding hydrogens is 392 g/mol. The summed E-state index contributed by atoms with van der Waals surface area (Å²) in [5.74, 6) is 3.37. The molecule has 2 heteroatoms. The SMILES string of the molecule is CC1(C)CCC[C@@]2(C)C1CC[C@]1(C)[C@@H]2CC[C@@H]2[C@@]3(C)CC[C@H]([C@@](C)(O)CO)[C@@H]3CC[C@]21C. The number of hydrogen-bond acceptors (Lipinski definition) is 2. The van der Waals surface area contributed by atoms with Gasteiger partial charge in [0.15, 0.2) is 0 Å². The van der Waals surface area contributed by atoms with Crippen LogP contribution in [-0.4, -0.2) is 22.4 Å². The van der Waals surface area contributed by atoms with Gasteiger partial charge in [-0.25, -0.2) is 0 Å². The second kappa shape index (κ2) is 6.99. The van der Waals surface area contributed by atoms with Crippen molar-refractivity contribution in [1.82, 2.24) is 0 Å². The van der Waals surface area contributed by atoms with Crippen LogP contribution in [0, 0.1) is 56.7 Å². The van der Waals surface area contributed by atoms with Gasteiger partial charge in [-0.15, -0.1) is 0 Å². The number of aliphatic hydroxyl groups excluding tert-OH is 1. The fraction of sp³-hybridized carbons (Fsp3) is 1.00. The molecule has 0 amide bonds. The van der Waals surface area contributed by atoms with Crippen LogP contribution in [0.1, 0.15) is 119 Å².